The number of hydrogen-bond acceptors (Lipinski definition) is 5. The lowest BCUT2D eigenvalue weighted by Crippen LogP contribution is -2.46. The summed E-state index contributed by atoms with van der Waals surface area (Å²) < 4.78 is 16.5. The Labute approximate surface area is 142 Å². The molecule has 1 saturated heterocycles. The van der Waals surface area contributed by atoms with Crippen LogP contribution in [0.25, 0.3) is 0 Å². The van der Waals surface area contributed by atoms with Crippen molar-refractivity contribution in [2.45, 2.75) is 13.2 Å². The molecule has 0 bridgehead atoms. The molecule has 4 nitrogen and oxygen atoms in total. The van der Waals surface area contributed by atoms with Gasteiger partial charge in [-0.2, -0.15) is 5.10 Å². The van der Waals surface area contributed by atoms with E-state index in [-0.39, 0.29) is 5.82 Å². The van der Waals surface area contributed by atoms with Crippen LogP contribution in [0.5, 0.6) is 0 Å². The monoisotopic (exact) mass is 358 g/mol. The molecule has 1 fully saturated rings. The molecular formula is C14H16ClFN4S2. The van der Waals surface area contributed by atoms with Gasteiger partial charge in [0.25, 0.3) is 0 Å². The molecule has 0 spiro atoms. The van der Waals surface area contributed by atoms with Gasteiger partial charge in [0.15, 0.2) is 3.95 Å². The van der Waals surface area contributed by atoms with E-state index < -0.39 is 0 Å². The third kappa shape index (κ3) is 3.72. The quantitative estimate of drug-likeness (QED) is 0.783. The highest BCUT2D eigenvalue weighted by molar-refractivity contribution is 7.73. The minimum Gasteiger partial charge on any atom is -0.296 e. The van der Waals surface area contributed by atoms with Crippen LogP contribution in [0.15, 0.2) is 23.7 Å². The van der Waals surface area contributed by atoms with Crippen molar-refractivity contribution in [3.63, 3.8) is 0 Å². The van der Waals surface area contributed by atoms with Crippen LogP contribution in [0.3, 0.4) is 0 Å². The molecule has 0 atom stereocenters. The van der Waals surface area contributed by atoms with Gasteiger partial charge in [-0.25, -0.2) is 9.07 Å². The molecule has 2 aromatic rings. The van der Waals surface area contributed by atoms with Gasteiger partial charge >= 0.3 is 0 Å². The van der Waals surface area contributed by atoms with Crippen molar-refractivity contribution in [1.82, 2.24) is 19.6 Å². The minimum atomic E-state index is -0.233. The first-order valence-corrected chi connectivity index (χ1v) is 8.68. The SMILES string of the molecule is Fc1cccc(Cl)c1CN1CCN(Cn2ncsc2=S)CC1. The molecular weight excluding hydrogens is 343 g/mol. The summed E-state index contributed by atoms with van der Waals surface area (Å²) in [6, 6.07) is 4.83. The Morgan fingerprint density at radius 2 is 1.95 bits per heavy atom. The molecule has 0 aliphatic carbocycles. The molecule has 8 heteroatoms. The van der Waals surface area contributed by atoms with Crippen molar-refractivity contribution in [3.05, 3.63) is 44.1 Å². The molecule has 0 unspecified atom stereocenters. The number of halogens is 2. The third-order valence-electron chi connectivity index (χ3n) is 3.79. The Balaban J connectivity index is 1.56. The number of benzene rings is 1. The van der Waals surface area contributed by atoms with Crippen LogP contribution in [0.2, 0.25) is 5.02 Å². The lowest BCUT2D eigenvalue weighted by molar-refractivity contribution is 0.0977. The fraction of sp³-hybridized carbons (Fsp3) is 0.429. The minimum absolute atomic E-state index is 0.233. The van der Waals surface area contributed by atoms with Crippen LogP contribution in [0.1, 0.15) is 5.56 Å². The number of nitrogens with zero attached hydrogens (tertiary/aromatic N) is 4. The first-order valence-electron chi connectivity index (χ1n) is 7.01. The normalized spacial score (nSPS) is 17.0. The van der Waals surface area contributed by atoms with Gasteiger partial charge in [0.05, 0.1) is 6.67 Å². The van der Waals surface area contributed by atoms with E-state index in [1.807, 2.05) is 4.68 Å². The molecule has 118 valence electrons. The molecule has 22 heavy (non-hydrogen) atoms. The topological polar surface area (TPSA) is 24.3 Å². The average Bonchev–Trinajstić information content (AvgIpc) is 2.90. The Morgan fingerprint density at radius 1 is 1.23 bits per heavy atom. The largest absolute Gasteiger partial charge is 0.296 e. The van der Waals surface area contributed by atoms with Crippen LogP contribution in [0, 0.1) is 9.77 Å². The number of hydrogen-bond donors (Lipinski definition) is 0. The highest BCUT2D eigenvalue weighted by Crippen LogP contribution is 2.21. The van der Waals surface area contributed by atoms with E-state index in [0.717, 1.165) is 36.8 Å². The molecule has 1 aliphatic rings. The number of rotatable bonds is 4. The first kappa shape index (κ1) is 16.0. The molecule has 0 amide bonds. The highest BCUT2D eigenvalue weighted by Gasteiger charge is 2.19. The molecule has 1 aromatic heterocycles. The summed E-state index contributed by atoms with van der Waals surface area (Å²) in [7, 11) is 0. The Morgan fingerprint density at radius 3 is 2.59 bits per heavy atom. The fourth-order valence-corrected chi connectivity index (χ4v) is 3.45. The Bertz CT molecular complexity index is 674. The molecule has 2 heterocycles. The van der Waals surface area contributed by atoms with E-state index in [4.69, 9.17) is 23.8 Å². The van der Waals surface area contributed by atoms with Crippen molar-refractivity contribution < 1.29 is 4.39 Å². The van der Waals surface area contributed by atoms with Crippen molar-refractivity contribution in [2.24, 2.45) is 0 Å². The zero-order valence-corrected chi connectivity index (χ0v) is 14.3. The van der Waals surface area contributed by atoms with Gasteiger partial charge in [0, 0.05) is 43.3 Å². The van der Waals surface area contributed by atoms with E-state index in [9.17, 15) is 4.39 Å². The van der Waals surface area contributed by atoms with Crippen LogP contribution < -0.4 is 0 Å². The lowest BCUT2D eigenvalue weighted by Gasteiger charge is -2.34. The van der Waals surface area contributed by atoms with Crippen LogP contribution in [0.4, 0.5) is 4.39 Å². The summed E-state index contributed by atoms with van der Waals surface area (Å²) in [5.41, 5.74) is 2.35. The van der Waals surface area contributed by atoms with E-state index in [1.54, 1.807) is 17.6 Å². The number of aromatic nitrogens is 2. The summed E-state index contributed by atoms with van der Waals surface area (Å²) in [5.74, 6) is -0.233. The molecule has 1 aliphatic heterocycles. The van der Waals surface area contributed by atoms with Gasteiger partial charge < -0.3 is 0 Å². The smallest absolute Gasteiger partial charge is 0.180 e. The standard InChI is InChI=1S/C14H16ClFN4S2/c15-12-2-1-3-13(16)11(12)8-18-4-6-19(7-5-18)10-20-14(21)22-9-17-20/h1-3,9H,4-8,10H2. The lowest BCUT2D eigenvalue weighted by atomic mass is 10.2. The molecule has 0 saturated carbocycles. The summed E-state index contributed by atoms with van der Waals surface area (Å²) in [5, 5.41) is 4.73. The van der Waals surface area contributed by atoms with Crippen LogP contribution >= 0.6 is 35.2 Å². The summed E-state index contributed by atoms with van der Waals surface area (Å²) in [4.78, 5) is 4.52. The average molecular weight is 359 g/mol. The molecule has 0 N–H and O–H groups in total. The van der Waals surface area contributed by atoms with Crippen molar-refractivity contribution in [3.8, 4) is 0 Å². The predicted molar refractivity (Wildman–Crippen MR) is 89.2 cm³/mol. The summed E-state index contributed by atoms with van der Waals surface area (Å²) >= 11 is 12.8. The fourth-order valence-electron chi connectivity index (χ4n) is 2.51. The van der Waals surface area contributed by atoms with Gasteiger partial charge in [0.2, 0.25) is 0 Å². The van der Waals surface area contributed by atoms with Gasteiger partial charge in [-0.15, -0.1) is 0 Å². The van der Waals surface area contributed by atoms with Gasteiger partial charge in [-0.3, -0.25) is 9.80 Å². The van der Waals surface area contributed by atoms with Crippen molar-refractivity contribution >= 4 is 35.2 Å². The molecule has 3 rings (SSSR count). The highest BCUT2D eigenvalue weighted by atomic mass is 35.5. The van der Waals surface area contributed by atoms with Gasteiger partial charge in [0.1, 0.15) is 11.3 Å². The Hall–Kier alpha value is -0.860. The third-order valence-corrected chi connectivity index (χ3v) is 5.26. The van der Waals surface area contributed by atoms with Crippen LogP contribution in [-0.4, -0.2) is 45.8 Å². The maximum Gasteiger partial charge on any atom is 0.180 e. The van der Waals surface area contributed by atoms with E-state index in [2.05, 4.69) is 14.9 Å². The maximum atomic E-state index is 13.8. The zero-order chi connectivity index (χ0) is 15.5. The van der Waals surface area contributed by atoms with Crippen molar-refractivity contribution in [2.75, 3.05) is 26.2 Å². The molecule has 1 aromatic carbocycles. The van der Waals surface area contributed by atoms with Gasteiger partial charge in [-0.1, -0.05) is 29.0 Å². The van der Waals surface area contributed by atoms with Gasteiger partial charge in [-0.05, 0) is 24.4 Å². The predicted octanol–water partition coefficient (Wildman–Crippen LogP) is 3.24. The van der Waals surface area contributed by atoms with E-state index >= 15 is 0 Å². The summed E-state index contributed by atoms with van der Waals surface area (Å²) in [6.07, 6.45) is 0. The first-order chi connectivity index (χ1) is 10.6. The zero-order valence-electron chi connectivity index (χ0n) is 11.9. The second kappa shape index (κ2) is 7.14. The van der Waals surface area contributed by atoms with Crippen LogP contribution in [-0.2, 0) is 13.2 Å². The van der Waals surface area contributed by atoms with E-state index in [1.165, 1.54) is 17.4 Å². The number of piperazine rings is 1. The second-order valence-electron chi connectivity index (χ2n) is 5.24. The Kier molecular flexibility index (Phi) is 5.20. The molecule has 0 radical (unpaired) electrons. The summed E-state index contributed by atoms with van der Waals surface area (Å²) in [6.45, 7) is 4.84. The van der Waals surface area contributed by atoms with Crippen molar-refractivity contribution in [1.29, 1.82) is 0 Å². The maximum absolute atomic E-state index is 13.8. The second-order valence-corrected chi connectivity index (χ2v) is 7.13. The van der Waals surface area contributed by atoms with E-state index in [0.29, 0.717) is 17.1 Å².